The summed E-state index contributed by atoms with van der Waals surface area (Å²) in [4.78, 5) is 4.40. The van der Waals surface area contributed by atoms with E-state index in [-0.39, 0.29) is 0 Å². The second kappa shape index (κ2) is 5.49. The molecule has 0 radical (unpaired) electrons. The van der Waals surface area contributed by atoms with Gasteiger partial charge in [0.2, 0.25) is 11.7 Å². The van der Waals surface area contributed by atoms with Gasteiger partial charge in [0.15, 0.2) is 0 Å². The molecule has 1 saturated heterocycles. The van der Waals surface area contributed by atoms with Crippen LogP contribution in [0, 0.1) is 0 Å². The highest BCUT2D eigenvalue weighted by molar-refractivity contribution is 6.42. The number of rotatable bonds is 3. The Balaban J connectivity index is 1.78. The van der Waals surface area contributed by atoms with Gasteiger partial charge in [-0.05, 0) is 37.6 Å². The van der Waals surface area contributed by atoms with Crippen LogP contribution in [0.3, 0.4) is 0 Å². The molecule has 1 atom stereocenters. The number of nitrogens with zero attached hydrogens (tertiary/aromatic N) is 2. The van der Waals surface area contributed by atoms with Crippen LogP contribution in [-0.4, -0.2) is 22.7 Å². The number of hydrogen-bond donors (Lipinski definition) is 1. The minimum Gasteiger partial charge on any atom is -0.339 e. The summed E-state index contributed by atoms with van der Waals surface area (Å²) in [5.41, 5.74) is 0.809. The molecule has 1 N–H and O–H groups in total. The maximum absolute atomic E-state index is 5.98. The lowest BCUT2D eigenvalue weighted by atomic mass is 10.1. The van der Waals surface area contributed by atoms with E-state index in [2.05, 4.69) is 15.5 Å². The Morgan fingerprint density at radius 2 is 2.21 bits per heavy atom. The molecule has 3 rings (SSSR count). The molecule has 100 valence electrons. The summed E-state index contributed by atoms with van der Waals surface area (Å²) in [5.74, 6) is 1.20. The third-order valence-electron chi connectivity index (χ3n) is 3.23. The minimum atomic E-state index is 0.446. The van der Waals surface area contributed by atoms with Crippen LogP contribution >= 0.6 is 23.2 Å². The summed E-state index contributed by atoms with van der Waals surface area (Å²) >= 11 is 11.9. The maximum Gasteiger partial charge on any atom is 0.228 e. The van der Waals surface area contributed by atoms with Crippen LogP contribution in [0.2, 0.25) is 10.0 Å². The number of hydrogen-bond acceptors (Lipinski definition) is 4. The van der Waals surface area contributed by atoms with E-state index in [4.69, 9.17) is 27.7 Å². The van der Waals surface area contributed by atoms with Gasteiger partial charge < -0.3 is 9.84 Å². The van der Waals surface area contributed by atoms with E-state index >= 15 is 0 Å². The summed E-state index contributed by atoms with van der Waals surface area (Å²) in [5, 5.41) is 8.39. The zero-order valence-corrected chi connectivity index (χ0v) is 11.7. The molecule has 0 spiro atoms. The Labute approximate surface area is 121 Å². The number of nitrogens with one attached hydrogen (secondary N) is 1. The van der Waals surface area contributed by atoms with Gasteiger partial charge in [-0.3, -0.25) is 0 Å². The van der Waals surface area contributed by atoms with E-state index in [9.17, 15) is 0 Å². The van der Waals surface area contributed by atoms with Gasteiger partial charge >= 0.3 is 0 Å². The predicted octanol–water partition coefficient (Wildman–Crippen LogP) is 3.34. The van der Waals surface area contributed by atoms with Gasteiger partial charge in [0, 0.05) is 18.0 Å². The van der Waals surface area contributed by atoms with Crippen LogP contribution in [0.25, 0.3) is 11.4 Å². The highest BCUT2D eigenvalue weighted by atomic mass is 35.5. The lowest BCUT2D eigenvalue weighted by molar-refractivity contribution is 0.364. The Bertz CT molecular complexity index is 579. The van der Waals surface area contributed by atoms with Gasteiger partial charge in [0.25, 0.3) is 0 Å². The van der Waals surface area contributed by atoms with Crippen molar-refractivity contribution in [3.8, 4) is 11.4 Å². The summed E-state index contributed by atoms with van der Waals surface area (Å²) in [6.45, 7) is 1.07. The number of halogens is 2. The molecule has 1 aromatic carbocycles. The van der Waals surface area contributed by atoms with Crippen LogP contribution in [0.5, 0.6) is 0 Å². The first-order valence-electron chi connectivity index (χ1n) is 6.24. The van der Waals surface area contributed by atoms with Crippen molar-refractivity contribution in [3.05, 3.63) is 34.1 Å². The first-order chi connectivity index (χ1) is 9.22. The third-order valence-corrected chi connectivity index (χ3v) is 3.97. The fourth-order valence-corrected chi connectivity index (χ4v) is 2.53. The van der Waals surface area contributed by atoms with Crippen molar-refractivity contribution in [1.29, 1.82) is 0 Å². The monoisotopic (exact) mass is 297 g/mol. The molecule has 19 heavy (non-hydrogen) atoms. The first kappa shape index (κ1) is 12.9. The topological polar surface area (TPSA) is 51.0 Å². The van der Waals surface area contributed by atoms with E-state index in [1.165, 1.54) is 6.42 Å². The Morgan fingerprint density at radius 1 is 1.32 bits per heavy atom. The molecule has 1 aromatic heterocycles. The van der Waals surface area contributed by atoms with Crippen LogP contribution in [0.15, 0.2) is 22.7 Å². The molecule has 2 aromatic rings. The van der Waals surface area contributed by atoms with Crippen molar-refractivity contribution in [2.45, 2.75) is 25.3 Å². The van der Waals surface area contributed by atoms with Gasteiger partial charge in [-0.1, -0.05) is 28.4 Å². The van der Waals surface area contributed by atoms with Crippen molar-refractivity contribution in [2.75, 3.05) is 6.54 Å². The standard InChI is InChI=1S/C13H13Cl2N3O/c14-10-4-3-8(6-11(10)15)13-17-12(19-18-13)7-9-2-1-5-16-9/h3-4,6,9,16H,1-2,5,7H2. The van der Waals surface area contributed by atoms with Crippen molar-refractivity contribution < 1.29 is 4.52 Å². The van der Waals surface area contributed by atoms with Crippen molar-refractivity contribution >= 4 is 23.2 Å². The van der Waals surface area contributed by atoms with Gasteiger partial charge in [0.1, 0.15) is 0 Å². The predicted molar refractivity (Wildman–Crippen MR) is 74.5 cm³/mol. The summed E-state index contributed by atoms with van der Waals surface area (Å²) in [6.07, 6.45) is 3.14. The second-order valence-electron chi connectivity index (χ2n) is 4.64. The Kier molecular flexibility index (Phi) is 3.73. The first-order valence-corrected chi connectivity index (χ1v) is 6.99. The average Bonchev–Trinajstić information content (AvgIpc) is 3.05. The van der Waals surface area contributed by atoms with E-state index in [0.29, 0.717) is 27.8 Å². The summed E-state index contributed by atoms with van der Waals surface area (Å²) in [6, 6.07) is 5.75. The number of benzene rings is 1. The van der Waals surface area contributed by atoms with Gasteiger partial charge in [0.05, 0.1) is 10.0 Å². The SMILES string of the molecule is Clc1ccc(-c2noc(CC3CCCN3)n2)cc1Cl. The summed E-state index contributed by atoms with van der Waals surface area (Å²) in [7, 11) is 0. The maximum atomic E-state index is 5.98. The summed E-state index contributed by atoms with van der Waals surface area (Å²) < 4.78 is 5.27. The zero-order valence-electron chi connectivity index (χ0n) is 10.2. The quantitative estimate of drug-likeness (QED) is 0.944. The lowest BCUT2D eigenvalue weighted by Gasteiger charge is -2.04. The highest BCUT2D eigenvalue weighted by Crippen LogP contribution is 2.27. The normalized spacial score (nSPS) is 18.9. The highest BCUT2D eigenvalue weighted by Gasteiger charge is 2.18. The van der Waals surface area contributed by atoms with Crippen molar-refractivity contribution in [2.24, 2.45) is 0 Å². The minimum absolute atomic E-state index is 0.446. The van der Waals surface area contributed by atoms with E-state index in [0.717, 1.165) is 24.9 Å². The fourth-order valence-electron chi connectivity index (χ4n) is 2.23. The van der Waals surface area contributed by atoms with Gasteiger partial charge in [-0.25, -0.2) is 0 Å². The third kappa shape index (κ3) is 2.91. The van der Waals surface area contributed by atoms with Crippen LogP contribution in [0.1, 0.15) is 18.7 Å². The van der Waals surface area contributed by atoms with Crippen molar-refractivity contribution in [1.82, 2.24) is 15.5 Å². The second-order valence-corrected chi connectivity index (χ2v) is 5.45. The fraction of sp³-hybridized carbons (Fsp3) is 0.385. The van der Waals surface area contributed by atoms with Crippen molar-refractivity contribution in [3.63, 3.8) is 0 Å². The van der Waals surface area contributed by atoms with Crippen LogP contribution in [-0.2, 0) is 6.42 Å². The molecule has 0 saturated carbocycles. The molecule has 2 heterocycles. The molecule has 1 aliphatic heterocycles. The Hall–Kier alpha value is -1.10. The molecule has 0 aliphatic carbocycles. The molecule has 0 amide bonds. The molecule has 4 nitrogen and oxygen atoms in total. The zero-order chi connectivity index (χ0) is 13.2. The van der Waals surface area contributed by atoms with Gasteiger partial charge in [-0.2, -0.15) is 4.98 Å². The lowest BCUT2D eigenvalue weighted by Crippen LogP contribution is -2.23. The number of aromatic nitrogens is 2. The van der Waals surface area contributed by atoms with E-state index in [1.54, 1.807) is 12.1 Å². The van der Waals surface area contributed by atoms with E-state index in [1.807, 2.05) is 6.07 Å². The van der Waals surface area contributed by atoms with Crippen LogP contribution < -0.4 is 5.32 Å². The van der Waals surface area contributed by atoms with Crippen LogP contribution in [0.4, 0.5) is 0 Å². The molecule has 1 aliphatic rings. The molecule has 1 fully saturated rings. The molecular formula is C13H13Cl2N3O. The molecular weight excluding hydrogens is 285 g/mol. The van der Waals surface area contributed by atoms with Gasteiger partial charge in [-0.15, -0.1) is 0 Å². The Morgan fingerprint density at radius 3 is 2.95 bits per heavy atom. The molecule has 0 bridgehead atoms. The molecule has 6 heteroatoms. The average molecular weight is 298 g/mol. The largest absolute Gasteiger partial charge is 0.339 e. The molecule has 1 unspecified atom stereocenters. The smallest absolute Gasteiger partial charge is 0.228 e. The van der Waals surface area contributed by atoms with E-state index < -0.39 is 0 Å².